The van der Waals surface area contributed by atoms with Crippen molar-refractivity contribution in [2.24, 2.45) is 11.8 Å². The molecule has 22 heavy (non-hydrogen) atoms. The number of amides is 3. The Balaban J connectivity index is 1.84. The third-order valence-corrected chi connectivity index (χ3v) is 4.98. The van der Waals surface area contributed by atoms with Crippen LogP contribution in [0.15, 0.2) is 24.3 Å². The van der Waals surface area contributed by atoms with Gasteiger partial charge < -0.3 is 14.8 Å². The molecule has 116 valence electrons. The molecule has 6 nitrogen and oxygen atoms in total. The molecule has 4 rings (SSSR count). The lowest BCUT2D eigenvalue weighted by Crippen LogP contribution is -2.68. The fourth-order valence-corrected chi connectivity index (χ4v) is 3.92. The monoisotopic (exact) mass is 302 g/mol. The van der Waals surface area contributed by atoms with Gasteiger partial charge in [0.15, 0.2) is 0 Å². The Hall–Kier alpha value is -2.08. The highest BCUT2D eigenvalue weighted by molar-refractivity contribution is 5.99. The summed E-state index contributed by atoms with van der Waals surface area (Å²) in [6.07, 6.45) is -0.608. The molecule has 0 spiro atoms. The van der Waals surface area contributed by atoms with E-state index in [4.69, 9.17) is 9.47 Å². The predicted octanol–water partition coefficient (Wildman–Crippen LogP) is 1.37. The molecule has 0 bridgehead atoms. The molecule has 2 fully saturated rings. The van der Waals surface area contributed by atoms with Crippen LogP contribution < -0.4 is 15.4 Å². The predicted molar refractivity (Wildman–Crippen MR) is 77.3 cm³/mol. The third-order valence-electron chi connectivity index (χ3n) is 4.98. The molecule has 4 atom stereocenters. The van der Waals surface area contributed by atoms with Gasteiger partial charge >= 0.3 is 6.03 Å². The average molecular weight is 302 g/mol. The van der Waals surface area contributed by atoms with Gasteiger partial charge in [-0.05, 0) is 25.5 Å². The second-order valence-electron chi connectivity index (χ2n) is 6.61. The van der Waals surface area contributed by atoms with Crippen LogP contribution in [0.4, 0.5) is 4.79 Å². The number of carbonyl (C=O) groups excluding carboxylic acids is 2. The van der Waals surface area contributed by atoms with E-state index < -0.39 is 23.8 Å². The molecule has 0 aromatic heterocycles. The van der Waals surface area contributed by atoms with Gasteiger partial charge in [-0.1, -0.05) is 18.2 Å². The van der Waals surface area contributed by atoms with Crippen LogP contribution in [0, 0.1) is 11.8 Å². The summed E-state index contributed by atoms with van der Waals surface area (Å²) in [5, 5.41) is 5.09. The molecule has 2 N–H and O–H groups in total. The van der Waals surface area contributed by atoms with Crippen molar-refractivity contribution in [3.05, 3.63) is 29.8 Å². The molecule has 3 amide bonds. The van der Waals surface area contributed by atoms with E-state index in [9.17, 15) is 9.59 Å². The SMILES string of the molecule is CC1(C)OC2NC(=O)NC(=O)C2C2c3ccccc3OCC21. The average Bonchev–Trinajstić information content (AvgIpc) is 2.45. The molecule has 0 radical (unpaired) electrons. The van der Waals surface area contributed by atoms with Crippen molar-refractivity contribution in [2.45, 2.75) is 31.6 Å². The minimum atomic E-state index is -0.608. The van der Waals surface area contributed by atoms with Crippen molar-refractivity contribution in [1.29, 1.82) is 0 Å². The van der Waals surface area contributed by atoms with Crippen LogP contribution in [0.2, 0.25) is 0 Å². The number of carbonyl (C=O) groups is 2. The zero-order chi connectivity index (χ0) is 15.5. The normalized spacial score (nSPS) is 35.2. The molecule has 1 aromatic rings. The first-order chi connectivity index (χ1) is 10.5. The molecule has 1 aromatic carbocycles. The Morgan fingerprint density at radius 2 is 1.95 bits per heavy atom. The number of ether oxygens (including phenoxy) is 2. The molecule has 4 unspecified atom stereocenters. The van der Waals surface area contributed by atoms with Gasteiger partial charge in [0, 0.05) is 11.8 Å². The highest BCUT2D eigenvalue weighted by atomic mass is 16.5. The third kappa shape index (κ3) is 1.83. The molecule has 2 saturated heterocycles. The van der Waals surface area contributed by atoms with E-state index in [2.05, 4.69) is 10.6 Å². The zero-order valence-corrected chi connectivity index (χ0v) is 12.5. The van der Waals surface area contributed by atoms with Crippen molar-refractivity contribution in [3.8, 4) is 5.75 Å². The van der Waals surface area contributed by atoms with Gasteiger partial charge in [-0.2, -0.15) is 0 Å². The van der Waals surface area contributed by atoms with E-state index in [1.807, 2.05) is 38.1 Å². The molecular formula is C16H18N2O4. The second kappa shape index (κ2) is 4.46. The summed E-state index contributed by atoms with van der Waals surface area (Å²) in [7, 11) is 0. The smallest absolute Gasteiger partial charge is 0.323 e. The van der Waals surface area contributed by atoms with Crippen LogP contribution in [0.1, 0.15) is 25.3 Å². The Morgan fingerprint density at radius 3 is 2.77 bits per heavy atom. The van der Waals surface area contributed by atoms with E-state index in [0.29, 0.717) is 6.61 Å². The fourth-order valence-electron chi connectivity index (χ4n) is 3.92. The molecule has 0 saturated carbocycles. The van der Waals surface area contributed by atoms with Gasteiger partial charge in [0.25, 0.3) is 0 Å². The van der Waals surface area contributed by atoms with Crippen molar-refractivity contribution in [3.63, 3.8) is 0 Å². The Bertz CT molecular complexity index is 657. The van der Waals surface area contributed by atoms with Gasteiger partial charge in [-0.3, -0.25) is 10.1 Å². The first kappa shape index (κ1) is 13.6. The topological polar surface area (TPSA) is 76.7 Å². The van der Waals surface area contributed by atoms with E-state index >= 15 is 0 Å². The maximum atomic E-state index is 12.4. The summed E-state index contributed by atoms with van der Waals surface area (Å²) in [6, 6.07) is 7.28. The summed E-state index contributed by atoms with van der Waals surface area (Å²) in [4.78, 5) is 24.0. The van der Waals surface area contributed by atoms with Crippen LogP contribution in [-0.2, 0) is 9.53 Å². The number of benzene rings is 1. The molecular weight excluding hydrogens is 284 g/mol. The van der Waals surface area contributed by atoms with E-state index in [-0.39, 0.29) is 17.7 Å². The van der Waals surface area contributed by atoms with Gasteiger partial charge in [0.2, 0.25) is 5.91 Å². The van der Waals surface area contributed by atoms with Crippen LogP contribution in [-0.4, -0.2) is 30.4 Å². The number of rotatable bonds is 0. The Kier molecular flexibility index (Phi) is 2.75. The molecule has 3 aliphatic rings. The number of urea groups is 1. The highest BCUT2D eigenvalue weighted by Gasteiger charge is 2.57. The number of hydrogen-bond donors (Lipinski definition) is 2. The maximum absolute atomic E-state index is 12.4. The lowest BCUT2D eigenvalue weighted by atomic mass is 9.66. The number of hydrogen-bond acceptors (Lipinski definition) is 4. The Morgan fingerprint density at radius 1 is 1.18 bits per heavy atom. The van der Waals surface area contributed by atoms with Crippen LogP contribution in [0.5, 0.6) is 5.75 Å². The van der Waals surface area contributed by atoms with Gasteiger partial charge in [0.05, 0.1) is 18.1 Å². The summed E-state index contributed by atoms with van der Waals surface area (Å²) < 4.78 is 11.9. The first-order valence-electron chi connectivity index (χ1n) is 7.48. The second-order valence-corrected chi connectivity index (χ2v) is 6.61. The summed E-state index contributed by atoms with van der Waals surface area (Å²) in [5.41, 5.74) is 0.515. The molecule has 3 heterocycles. The number of fused-ring (bicyclic) bond motifs is 5. The van der Waals surface area contributed by atoms with E-state index in [0.717, 1.165) is 11.3 Å². The van der Waals surface area contributed by atoms with Crippen LogP contribution >= 0.6 is 0 Å². The molecule has 6 heteroatoms. The highest BCUT2D eigenvalue weighted by Crippen LogP contribution is 2.51. The van der Waals surface area contributed by atoms with Gasteiger partial charge in [-0.15, -0.1) is 0 Å². The Labute approximate surface area is 128 Å². The fraction of sp³-hybridized carbons (Fsp3) is 0.500. The molecule has 0 aliphatic carbocycles. The largest absolute Gasteiger partial charge is 0.493 e. The lowest BCUT2D eigenvalue weighted by Gasteiger charge is -2.53. The van der Waals surface area contributed by atoms with Gasteiger partial charge in [0.1, 0.15) is 12.0 Å². The zero-order valence-electron chi connectivity index (χ0n) is 12.5. The van der Waals surface area contributed by atoms with E-state index in [1.165, 1.54) is 0 Å². The van der Waals surface area contributed by atoms with Crippen LogP contribution in [0.3, 0.4) is 0 Å². The summed E-state index contributed by atoms with van der Waals surface area (Å²) in [5.74, 6) is 0.0883. The molecule has 3 aliphatic heterocycles. The van der Waals surface area contributed by atoms with Crippen molar-refractivity contribution in [1.82, 2.24) is 10.6 Å². The van der Waals surface area contributed by atoms with Crippen molar-refractivity contribution < 1.29 is 19.1 Å². The van der Waals surface area contributed by atoms with Crippen LogP contribution in [0.25, 0.3) is 0 Å². The lowest BCUT2D eigenvalue weighted by molar-refractivity contribution is -0.200. The minimum Gasteiger partial charge on any atom is -0.493 e. The van der Waals surface area contributed by atoms with E-state index in [1.54, 1.807) is 0 Å². The number of imide groups is 1. The summed E-state index contributed by atoms with van der Waals surface area (Å²) >= 11 is 0. The standard InChI is InChI=1S/C16H18N2O4/c1-16(2)9-7-21-10-6-4-3-5-8(10)11(9)12-13(19)17-15(20)18-14(12)22-16/h3-6,9,11-12,14H,7H2,1-2H3,(H2,17,18,19,20). The summed E-state index contributed by atoms with van der Waals surface area (Å²) in [6.45, 7) is 4.47. The van der Waals surface area contributed by atoms with Gasteiger partial charge in [-0.25, -0.2) is 4.79 Å². The number of nitrogens with one attached hydrogen (secondary N) is 2. The number of para-hydroxylation sites is 1. The minimum absolute atomic E-state index is 0.0423. The first-order valence-corrected chi connectivity index (χ1v) is 7.48. The quantitative estimate of drug-likeness (QED) is 0.759. The van der Waals surface area contributed by atoms with Crippen molar-refractivity contribution in [2.75, 3.05) is 6.61 Å². The van der Waals surface area contributed by atoms with Crippen molar-refractivity contribution >= 4 is 11.9 Å². The maximum Gasteiger partial charge on any atom is 0.323 e.